The van der Waals surface area contributed by atoms with Gasteiger partial charge in [0.1, 0.15) is 11.9 Å². The van der Waals surface area contributed by atoms with E-state index in [-0.39, 0.29) is 27.7 Å². The van der Waals surface area contributed by atoms with Gasteiger partial charge in [-0.2, -0.15) is 5.26 Å². The van der Waals surface area contributed by atoms with Crippen molar-refractivity contribution in [2.24, 2.45) is 0 Å². The number of hydrogen-bond acceptors (Lipinski definition) is 5. The van der Waals surface area contributed by atoms with Crippen LogP contribution in [0.15, 0.2) is 41.3 Å². The minimum absolute atomic E-state index is 0.0331. The Morgan fingerprint density at radius 1 is 1.08 bits per heavy atom. The second-order valence-corrected chi connectivity index (χ2v) is 9.18. The molecular formula is C15H13ClFN3O4S2. The molecule has 2 aromatic rings. The monoisotopic (exact) mass is 417 g/mol. The number of rotatable bonds is 6. The SMILES string of the molecule is CCS(=O)(=O)Nc1ccc(S(=O)(=O)Nc2cc(Cl)ccc2C#N)cc1F. The molecule has 0 saturated carbocycles. The van der Waals surface area contributed by atoms with Crippen molar-refractivity contribution in [1.29, 1.82) is 5.26 Å². The average Bonchev–Trinajstić information content (AvgIpc) is 2.56. The number of nitrogens with zero attached hydrogens (tertiary/aromatic N) is 1. The van der Waals surface area contributed by atoms with Gasteiger partial charge >= 0.3 is 0 Å². The molecule has 0 aromatic heterocycles. The fraction of sp³-hybridized carbons (Fsp3) is 0.133. The summed E-state index contributed by atoms with van der Waals surface area (Å²) in [6.45, 7) is 1.38. The predicted octanol–water partition coefficient (Wildman–Crippen LogP) is 2.91. The van der Waals surface area contributed by atoms with Crippen LogP contribution in [0.1, 0.15) is 12.5 Å². The molecule has 7 nitrogen and oxygen atoms in total. The third-order valence-electron chi connectivity index (χ3n) is 3.24. The van der Waals surface area contributed by atoms with E-state index in [0.717, 1.165) is 12.1 Å². The summed E-state index contributed by atoms with van der Waals surface area (Å²) >= 11 is 5.80. The van der Waals surface area contributed by atoms with E-state index in [2.05, 4.69) is 4.72 Å². The van der Waals surface area contributed by atoms with Crippen LogP contribution in [-0.2, 0) is 20.0 Å². The maximum Gasteiger partial charge on any atom is 0.262 e. The molecule has 2 rings (SSSR count). The molecule has 0 atom stereocenters. The van der Waals surface area contributed by atoms with E-state index in [0.29, 0.717) is 6.07 Å². The molecule has 0 radical (unpaired) electrons. The van der Waals surface area contributed by atoms with Gasteiger partial charge in [-0.1, -0.05) is 11.6 Å². The molecule has 0 amide bonds. The van der Waals surface area contributed by atoms with Gasteiger partial charge in [-0.25, -0.2) is 21.2 Å². The van der Waals surface area contributed by atoms with Crippen molar-refractivity contribution in [1.82, 2.24) is 0 Å². The maximum absolute atomic E-state index is 14.1. The fourth-order valence-corrected chi connectivity index (χ4v) is 3.79. The Kier molecular flexibility index (Phi) is 5.75. The zero-order valence-electron chi connectivity index (χ0n) is 13.3. The molecule has 0 saturated heterocycles. The first kappa shape index (κ1) is 20.0. The summed E-state index contributed by atoms with van der Waals surface area (Å²) in [5, 5.41) is 9.24. The Morgan fingerprint density at radius 3 is 2.35 bits per heavy atom. The van der Waals surface area contributed by atoms with E-state index in [9.17, 15) is 21.2 Å². The van der Waals surface area contributed by atoms with Crippen LogP contribution in [0.25, 0.3) is 0 Å². The van der Waals surface area contributed by atoms with Gasteiger partial charge in [-0.05, 0) is 43.3 Å². The molecule has 0 heterocycles. The molecule has 0 spiro atoms. The van der Waals surface area contributed by atoms with Gasteiger partial charge in [0.05, 0.1) is 27.6 Å². The summed E-state index contributed by atoms with van der Waals surface area (Å²) in [5.41, 5.74) is -0.395. The number of benzene rings is 2. The fourth-order valence-electron chi connectivity index (χ4n) is 1.89. The molecule has 138 valence electrons. The molecule has 0 aliphatic rings. The van der Waals surface area contributed by atoms with Crippen LogP contribution in [0.5, 0.6) is 0 Å². The van der Waals surface area contributed by atoms with E-state index in [4.69, 9.17) is 16.9 Å². The number of sulfonamides is 2. The summed E-state index contributed by atoms with van der Waals surface area (Å²) in [6.07, 6.45) is 0. The molecule has 2 N–H and O–H groups in total. The summed E-state index contributed by atoms with van der Waals surface area (Å²) in [6, 6.07) is 8.53. The second-order valence-electron chi connectivity index (χ2n) is 5.05. The number of anilines is 2. The summed E-state index contributed by atoms with van der Waals surface area (Å²) in [7, 11) is -7.94. The molecule has 2 aromatic carbocycles. The smallest absolute Gasteiger partial charge is 0.262 e. The normalized spacial score (nSPS) is 11.6. The van der Waals surface area contributed by atoms with Crippen LogP contribution in [0.2, 0.25) is 5.02 Å². The van der Waals surface area contributed by atoms with Crippen molar-refractivity contribution in [3.05, 3.63) is 52.8 Å². The number of hydrogen-bond donors (Lipinski definition) is 2. The Hall–Kier alpha value is -2.35. The van der Waals surface area contributed by atoms with Gasteiger partial charge in [0.15, 0.2) is 0 Å². The van der Waals surface area contributed by atoms with Crippen molar-refractivity contribution in [2.45, 2.75) is 11.8 Å². The standard InChI is InChI=1S/C15H13ClFN3O4S2/c1-2-25(21,22)19-14-6-5-12(8-13(14)17)26(23,24)20-15-7-11(16)4-3-10(15)9-18/h3-8,19-20H,2H2,1H3. The lowest BCUT2D eigenvalue weighted by Crippen LogP contribution is -2.17. The largest absolute Gasteiger partial charge is 0.281 e. The molecule has 0 unspecified atom stereocenters. The minimum atomic E-state index is -4.23. The highest BCUT2D eigenvalue weighted by Crippen LogP contribution is 2.25. The zero-order chi connectivity index (χ0) is 19.5. The third-order valence-corrected chi connectivity index (χ3v) is 6.13. The topological polar surface area (TPSA) is 116 Å². The molecule has 0 bridgehead atoms. The second kappa shape index (κ2) is 7.49. The molecular weight excluding hydrogens is 405 g/mol. The Morgan fingerprint density at radius 2 is 1.77 bits per heavy atom. The molecule has 0 fully saturated rings. The first-order chi connectivity index (χ1) is 12.1. The van der Waals surface area contributed by atoms with Crippen molar-refractivity contribution in [2.75, 3.05) is 15.2 Å². The van der Waals surface area contributed by atoms with E-state index < -0.39 is 30.8 Å². The average molecular weight is 418 g/mol. The van der Waals surface area contributed by atoms with Gasteiger partial charge < -0.3 is 0 Å². The van der Waals surface area contributed by atoms with Crippen molar-refractivity contribution >= 4 is 43.0 Å². The van der Waals surface area contributed by atoms with Crippen LogP contribution in [0, 0.1) is 17.1 Å². The van der Waals surface area contributed by atoms with Crippen LogP contribution < -0.4 is 9.44 Å². The summed E-state index contributed by atoms with van der Waals surface area (Å²) in [5.74, 6) is -1.32. The van der Waals surface area contributed by atoms with Crippen LogP contribution in [0.3, 0.4) is 0 Å². The van der Waals surface area contributed by atoms with Crippen molar-refractivity contribution in [3.8, 4) is 6.07 Å². The van der Waals surface area contributed by atoms with Gasteiger partial charge in [-0.15, -0.1) is 0 Å². The Bertz CT molecular complexity index is 1100. The predicted molar refractivity (Wildman–Crippen MR) is 96.5 cm³/mol. The van der Waals surface area contributed by atoms with E-state index in [1.165, 1.54) is 25.1 Å². The van der Waals surface area contributed by atoms with Crippen LogP contribution in [-0.4, -0.2) is 22.6 Å². The Balaban J connectivity index is 2.38. The lowest BCUT2D eigenvalue weighted by molar-refractivity contribution is 0.595. The summed E-state index contributed by atoms with van der Waals surface area (Å²) < 4.78 is 66.1. The highest BCUT2D eigenvalue weighted by atomic mass is 35.5. The maximum atomic E-state index is 14.1. The van der Waals surface area contributed by atoms with Crippen LogP contribution in [0.4, 0.5) is 15.8 Å². The first-order valence-corrected chi connectivity index (χ1v) is 10.6. The van der Waals surface area contributed by atoms with Crippen LogP contribution >= 0.6 is 11.6 Å². The van der Waals surface area contributed by atoms with Gasteiger partial charge in [-0.3, -0.25) is 9.44 Å². The first-order valence-electron chi connectivity index (χ1n) is 7.10. The van der Waals surface area contributed by atoms with E-state index >= 15 is 0 Å². The minimum Gasteiger partial charge on any atom is -0.281 e. The number of nitriles is 1. The summed E-state index contributed by atoms with van der Waals surface area (Å²) in [4.78, 5) is -0.446. The van der Waals surface area contributed by atoms with Gasteiger partial charge in [0, 0.05) is 5.02 Å². The molecule has 0 aliphatic carbocycles. The molecule has 0 aliphatic heterocycles. The lowest BCUT2D eigenvalue weighted by atomic mass is 10.2. The molecule has 11 heteroatoms. The number of nitrogens with one attached hydrogen (secondary N) is 2. The number of halogens is 2. The highest BCUT2D eigenvalue weighted by molar-refractivity contribution is 7.93. The quantitative estimate of drug-likeness (QED) is 0.749. The van der Waals surface area contributed by atoms with Gasteiger partial charge in [0.2, 0.25) is 10.0 Å². The highest BCUT2D eigenvalue weighted by Gasteiger charge is 2.19. The lowest BCUT2D eigenvalue weighted by Gasteiger charge is -2.12. The van der Waals surface area contributed by atoms with Gasteiger partial charge in [0.25, 0.3) is 10.0 Å². The van der Waals surface area contributed by atoms with E-state index in [1.54, 1.807) is 0 Å². The van der Waals surface area contributed by atoms with Crippen molar-refractivity contribution < 1.29 is 21.2 Å². The van der Waals surface area contributed by atoms with E-state index in [1.807, 2.05) is 10.8 Å². The van der Waals surface area contributed by atoms with Crippen molar-refractivity contribution in [3.63, 3.8) is 0 Å². The third kappa shape index (κ3) is 4.63. The zero-order valence-corrected chi connectivity index (χ0v) is 15.7. The Labute approximate surface area is 155 Å². The molecule has 26 heavy (non-hydrogen) atoms.